The molecule has 2 aliphatic rings. The number of alkyl halides is 6. The summed E-state index contributed by atoms with van der Waals surface area (Å²) in [7, 11) is 0. The first-order valence-corrected chi connectivity index (χ1v) is 11.2. The maximum atomic E-state index is 10.6. The second kappa shape index (κ2) is 12.9. The van der Waals surface area contributed by atoms with E-state index < -0.39 is 24.3 Å². The number of hydrogen-bond acceptors (Lipinski definition) is 6. The van der Waals surface area contributed by atoms with Crippen molar-refractivity contribution < 1.29 is 46.1 Å². The van der Waals surface area contributed by atoms with E-state index in [1.165, 1.54) is 37.4 Å². The molecule has 2 aliphatic heterocycles. The van der Waals surface area contributed by atoms with Crippen LogP contribution in [0.5, 0.6) is 0 Å². The molecule has 206 valence electrons. The van der Waals surface area contributed by atoms with Crippen molar-refractivity contribution in [3.8, 4) is 0 Å². The molecular weight excluding hydrogens is 512 g/mol. The fraction of sp³-hybridized carbons (Fsp3) is 0.545. The normalized spacial score (nSPS) is 16.2. The van der Waals surface area contributed by atoms with E-state index in [0.29, 0.717) is 0 Å². The van der Waals surface area contributed by atoms with Crippen molar-refractivity contribution in [3.63, 3.8) is 0 Å². The molecule has 0 atom stereocenters. The number of nitrogens with zero attached hydrogens (tertiary/aromatic N) is 5. The maximum Gasteiger partial charge on any atom is 0.490 e. The molecule has 0 saturated carbocycles. The monoisotopic (exact) mass is 539 g/mol. The molecule has 4 rings (SSSR count). The Labute approximate surface area is 208 Å². The highest BCUT2D eigenvalue weighted by atomic mass is 19.4. The van der Waals surface area contributed by atoms with E-state index in [-0.39, 0.29) is 0 Å². The van der Waals surface area contributed by atoms with Gasteiger partial charge in [-0.1, -0.05) is 6.07 Å². The van der Waals surface area contributed by atoms with Crippen LogP contribution >= 0.6 is 0 Å². The van der Waals surface area contributed by atoms with Gasteiger partial charge in [-0.15, -0.1) is 0 Å². The molecule has 0 amide bonds. The Hall–Kier alpha value is -3.20. The summed E-state index contributed by atoms with van der Waals surface area (Å²) in [6, 6.07) is 6.26. The molecule has 0 unspecified atom stereocenters. The van der Waals surface area contributed by atoms with Crippen LogP contribution in [0.15, 0.2) is 24.4 Å². The third-order valence-electron chi connectivity index (χ3n) is 5.33. The molecule has 0 aromatic carbocycles. The SMILES string of the molecule is Cc1cccc(CN2CCn3cc(CN4CCCC4)nc3C2)n1.O=C(O)C(F)(F)F.O=C(O)C(F)(F)F. The Kier molecular flexibility index (Phi) is 10.4. The maximum absolute atomic E-state index is 10.6. The molecule has 1 fully saturated rings. The Morgan fingerprint density at radius 3 is 1.89 bits per heavy atom. The summed E-state index contributed by atoms with van der Waals surface area (Å²) < 4.78 is 65.8. The first-order chi connectivity index (χ1) is 17.1. The zero-order chi connectivity index (χ0) is 27.8. The van der Waals surface area contributed by atoms with Crippen LogP contribution in [0.1, 0.15) is 35.7 Å². The Bertz CT molecular complexity index is 1030. The zero-order valence-electron chi connectivity index (χ0n) is 19.9. The topological polar surface area (TPSA) is 112 Å². The molecule has 2 aromatic rings. The molecule has 2 N–H and O–H groups in total. The standard InChI is InChI=1S/C18H25N5.2C2HF3O2/c1-15-5-4-6-16(19-15)11-22-9-10-23-13-17(20-18(23)14-22)12-21-7-2-3-8-21;2*3-2(4,5)1(6)7/h4-6,13H,2-3,7-12,14H2,1H3;2*(H,6,7). The largest absolute Gasteiger partial charge is 0.490 e. The smallest absolute Gasteiger partial charge is 0.475 e. The van der Waals surface area contributed by atoms with Gasteiger partial charge in [0.15, 0.2) is 0 Å². The second-order valence-corrected chi connectivity index (χ2v) is 8.41. The number of carbonyl (C=O) groups is 2. The Balaban J connectivity index is 0.000000286. The van der Waals surface area contributed by atoms with E-state index in [9.17, 15) is 26.3 Å². The molecule has 4 heterocycles. The first kappa shape index (κ1) is 30.0. The summed E-state index contributed by atoms with van der Waals surface area (Å²) >= 11 is 0. The van der Waals surface area contributed by atoms with E-state index in [1.54, 1.807) is 0 Å². The lowest BCUT2D eigenvalue weighted by Gasteiger charge is -2.27. The van der Waals surface area contributed by atoms with Gasteiger partial charge < -0.3 is 14.8 Å². The van der Waals surface area contributed by atoms with Crippen LogP contribution in [0.25, 0.3) is 0 Å². The third-order valence-corrected chi connectivity index (χ3v) is 5.33. The number of pyridine rings is 1. The third kappa shape index (κ3) is 10.4. The van der Waals surface area contributed by atoms with Crippen LogP contribution in [-0.4, -0.2) is 78.5 Å². The Morgan fingerprint density at radius 2 is 1.38 bits per heavy atom. The number of aryl methyl sites for hydroxylation is 1. The van der Waals surface area contributed by atoms with Gasteiger partial charge in [0.2, 0.25) is 0 Å². The van der Waals surface area contributed by atoms with Gasteiger partial charge >= 0.3 is 24.3 Å². The fourth-order valence-electron chi connectivity index (χ4n) is 3.66. The molecule has 9 nitrogen and oxygen atoms in total. The van der Waals surface area contributed by atoms with Crippen molar-refractivity contribution in [2.75, 3.05) is 19.6 Å². The lowest BCUT2D eigenvalue weighted by atomic mass is 10.2. The lowest BCUT2D eigenvalue weighted by Crippen LogP contribution is -2.33. The quantitative estimate of drug-likeness (QED) is 0.569. The summed E-state index contributed by atoms with van der Waals surface area (Å²) in [4.78, 5) is 32.3. The molecular formula is C22H27F6N5O4. The van der Waals surface area contributed by atoms with Gasteiger partial charge in [-0.25, -0.2) is 14.6 Å². The van der Waals surface area contributed by atoms with Crippen LogP contribution in [0.3, 0.4) is 0 Å². The minimum Gasteiger partial charge on any atom is -0.475 e. The molecule has 15 heteroatoms. The van der Waals surface area contributed by atoms with Gasteiger partial charge in [0, 0.05) is 38.1 Å². The van der Waals surface area contributed by atoms with Crippen LogP contribution in [0.2, 0.25) is 0 Å². The van der Waals surface area contributed by atoms with Gasteiger partial charge in [-0.05, 0) is 45.0 Å². The number of likely N-dealkylation sites (tertiary alicyclic amines) is 1. The summed E-state index contributed by atoms with van der Waals surface area (Å²) in [5.41, 5.74) is 3.48. The summed E-state index contributed by atoms with van der Waals surface area (Å²) in [6.07, 6.45) is -5.23. The van der Waals surface area contributed by atoms with Crippen molar-refractivity contribution in [1.82, 2.24) is 24.3 Å². The van der Waals surface area contributed by atoms with Gasteiger partial charge in [-0.2, -0.15) is 26.3 Å². The molecule has 0 spiro atoms. The van der Waals surface area contributed by atoms with Gasteiger partial charge in [0.05, 0.1) is 17.9 Å². The highest BCUT2D eigenvalue weighted by Crippen LogP contribution is 2.18. The predicted molar refractivity (Wildman–Crippen MR) is 117 cm³/mol. The lowest BCUT2D eigenvalue weighted by molar-refractivity contribution is -0.193. The van der Waals surface area contributed by atoms with Crippen molar-refractivity contribution in [2.45, 2.75) is 58.3 Å². The Morgan fingerprint density at radius 1 is 0.838 bits per heavy atom. The van der Waals surface area contributed by atoms with Crippen molar-refractivity contribution in [1.29, 1.82) is 0 Å². The van der Waals surface area contributed by atoms with Crippen LogP contribution < -0.4 is 0 Å². The summed E-state index contributed by atoms with van der Waals surface area (Å²) in [5, 5.41) is 14.2. The van der Waals surface area contributed by atoms with Crippen molar-refractivity contribution in [3.05, 3.63) is 47.3 Å². The number of aliphatic carboxylic acids is 2. The van der Waals surface area contributed by atoms with Crippen LogP contribution in [-0.2, 0) is 35.8 Å². The average Bonchev–Trinajstić information content (AvgIpc) is 3.42. The van der Waals surface area contributed by atoms with E-state index in [0.717, 1.165) is 44.1 Å². The number of carboxylic acids is 2. The zero-order valence-corrected chi connectivity index (χ0v) is 19.9. The molecule has 1 saturated heterocycles. The average molecular weight is 539 g/mol. The van der Waals surface area contributed by atoms with Crippen LogP contribution in [0.4, 0.5) is 26.3 Å². The van der Waals surface area contributed by atoms with Crippen LogP contribution in [0, 0.1) is 6.92 Å². The number of halogens is 6. The minimum absolute atomic E-state index is 0.913. The highest BCUT2D eigenvalue weighted by molar-refractivity contribution is 5.73. The van der Waals surface area contributed by atoms with Crippen molar-refractivity contribution >= 4 is 11.9 Å². The number of imidazole rings is 1. The number of hydrogen-bond donors (Lipinski definition) is 2. The molecule has 0 aliphatic carbocycles. The predicted octanol–water partition coefficient (Wildman–Crippen LogP) is 3.46. The second-order valence-electron chi connectivity index (χ2n) is 8.41. The van der Waals surface area contributed by atoms with Gasteiger partial charge in [0.1, 0.15) is 5.82 Å². The van der Waals surface area contributed by atoms with E-state index in [4.69, 9.17) is 24.8 Å². The number of fused-ring (bicyclic) bond motifs is 1. The summed E-state index contributed by atoms with van der Waals surface area (Å²) in [6.45, 7) is 9.47. The molecule has 2 aromatic heterocycles. The van der Waals surface area contributed by atoms with E-state index in [1.807, 2.05) is 0 Å². The van der Waals surface area contributed by atoms with Crippen molar-refractivity contribution in [2.24, 2.45) is 0 Å². The first-order valence-electron chi connectivity index (χ1n) is 11.2. The minimum atomic E-state index is -5.08. The molecule has 0 bridgehead atoms. The van der Waals surface area contributed by atoms with Gasteiger partial charge in [-0.3, -0.25) is 14.8 Å². The number of carboxylic acid groups (broad SMARTS) is 2. The molecule has 0 radical (unpaired) electrons. The van der Waals surface area contributed by atoms with Gasteiger partial charge in [0.25, 0.3) is 0 Å². The van der Waals surface area contributed by atoms with E-state index >= 15 is 0 Å². The summed E-state index contributed by atoms with van der Waals surface area (Å²) in [5.74, 6) is -4.31. The fourth-order valence-corrected chi connectivity index (χ4v) is 3.66. The number of rotatable bonds is 4. The molecule has 37 heavy (non-hydrogen) atoms. The highest BCUT2D eigenvalue weighted by Gasteiger charge is 2.38. The van der Waals surface area contributed by atoms with E-state index in [2.05, 4.69) is 50.7 Å². The number of aromatic nitrogens is 3.